The van der Waals surface area contributed by atoms with E-state index in [0.29, 0.717) is 13.1 Å². The summed E-state index contributed by atoms with van der Waals surface area (Å²) in [5.74, 6) is 0. The summed E-state index contributed by atoms with van der Waals surface area (Å²) in [7, 11) is -7.67. The first-order valence-corrected chi connectivity index (χ1v) is 10.8. The van der Waals surface area contributed by atoms with Gasteiger partial charge in [-0.05, 0) is 25.3 Å². The second-order valence-corrected chi connectivity index (χ2v) is 9.69. The molecule has 7 nitrogen and oxygen atoms in total. The van der Waals surface area contributed by atoms with Crippen LogP contribution < -0.4 is 0 Å². The van der Waals surface area contributed by atoms with Crippen molar-refractivity contribution in [2.24, 2.45) is 0 Å². The third-order valence-electron chi connectivity index (χ3n) is 3.47. The zero-order valence-corrected chi connectivity index (χ0v) is 15.8. The Balaban J connectivity index is 2.67. The average Bonchev–Trinajstić information content (AvgIpc) is 3.08. The van der Waals surface area contributed by atoms with Crippen LogP contribution in [-0.2, 0) is 20.0 Å². The van der Waals surface area contributed by atoms with Crippen LogP contribution >= 0.6 is 11.3 Å². The maximum absolute atomic E-state index is 12.7. The summed E-state index contributed by atoms with van der Waals surface area (Å²) in [6.07, 6.45) is 0. The van der Waals surface area contributed by atoms with Gasteiger partial charge in [-0.1, -0.05) is 19.9 Å². The second-order valence-electron chi connectivity index (χ2n) is 4.87. The van der Waals surface area contributed by atoms with Crippen LogP contribution in [0.3, 0.4) is 0 Å². The monoisotopic (exact) mass is 377 g/mol. The maximum atomic E-state index is 12.7. The summed E-state index contributed by atoms with van der Waals surface area (Å²) in [6, 6.07) is 3.09. The van der Waals surface area contributed by atoms with E-state index in [4.69, 9.17) is 0 Å². The summed E-state index contributed by atoms with van der Waals surface area (Å²) in [6.45, 7) is 7.05. The van der Waals surface area contributed by atoms with Crippen molar-refractivity contribution in [2.45, 2.75) is 36.8 Å². The van der Waals surface area contributed by atoms with Crippen molar-refractivity contribution in [1.29, 1.82) is 0 Å². The van der Waals surface area contributed by atoms with Crippen molar-refractivity contribution < 1.29 is 16.8 Å². The minimum atomic E-state index is -3.89. The molecule has 2 aromatic rings. The van der Waals surface area contributed by atoms with Crippen molar-refractivity contribution in [3.63, 3.8) is 0 Å². The molecular weight excluding hydrogens is 358 g/mol. The van der Waals surface area contributed by atoms with Crippen molar-refractivity contribution in [2.75, 3.05) is 13.1 Å². The van der Waals surface area contributed by atoms with Gasteiger partial charge in [0.25, 0.3) is 10.0 Å². The van der Waals surface area contributed by atoms with Gasteiger partial charge in [-0.25, -0.2) is 8.42 Å². The molecule has 128 valence electrons. The fourth-order valence-corrected chi connectivity index (χ4v) is 6.69. The lowest BCUT2D eigenvalue weighted by molar-refractivity contribution is 0.444. The topological polar surface area (TPSA) is 89.3 Å². The predicted molar refractivity (Wildman–Crippen MR) is 88.7 cm³/mol. The Kier molecular flexibility index (Phi) is 5.00. The van der Waals surface area contributed by atoms with Crippen LogP contribution in [0.25, 0.3) is 0 Å². The first-order chi connectivity index (χ1) is 10.7. The fraction of sp³-hybridized carbons (Fsp3) is 0.462. The normalized spacial score (nSPS) is 12.9. The Morgan fingerprint density at radius 2 is 1.78 bits per heavy atom. The Hall–Kier alpha value is -1.23. The van der Waals surface area contributed by atoms with Gasteiger partial charge in [0.15, 0.2) is 0 Å². The molecular formula is C13H19N3O4S3. The van der Waals surface area contributed by atoms with Gasteiger partial charge in [0.05, 0.1) is 11.4 Å². The van der Waals surface area contributed by atoms with Gasteiger partial charge in [0, 0.05) is 13.1 Å². The van der Waals surface area contributed by atoms with E-state index < -0.39 is 20.0 Å². The lowest BCUT2D eigenvalue weighted by atomic mass is 10.4. The van der Waals surface area contributed by atoms with Crippen LogP contribution in [0.4, 0.5) is 0 Å². The van der Waals surface area contributed by atoms with Gasteiger partial charge >= 0.3 is 0 Å². The van der Waals surface area contributed by atoms with Crippen molar-refractivity contribution in [1.82, 2.24) is 13.5 Å². The largest absolute Gasteiger partial charge is 0.292 e. The van der Waals surface area contributed by atoms with E-state index >= 15 is 0 Å². The highest BCUT2D eigenvalue weighted by atomic mass is 32.2. The predicted octanol–water partition coefficient (Wildman–Crippen LogP) is 1.83. The standard InChI is InChI=1S/C13H19N3O4S3/c1-5-15(6-2)23(19,20)13-10(3)14-16(11(13)4)22(17,18)12-8-7-9-21-12/h7-9H,5-6H2,1-4H3. The highest BCUT2D eigenvalue weighted by Gasteiger charge is 2.33. The fourth-order valence-electron chi connectivity index (χ4n) is 2.40. The molecule has 0 aliphatic carbocycles. The van der Waals surface area contributed by atoms with Gasteiger partial charge in [0.1, 0.15) is 9.10 Å². The maximum Gasteiger partial charge on any atom is 0.292 e. The lowest BCUT2D eigenvalue weighted by Crippen LogP contribution is -2.31. The summed E-state index contributed by atoms with van der Waals surface area (Å²) in [5.41, 5.74) is 0.275. The zero-order valence-electron chi connectivity index (χ0n) is 13.3. The van der Waals surface area contributed by atoms with Crippen LogP contribution in [0.2, 0.25) is 0 Å². The highest BCUT2D eigenvalue weighted by molar-refractivity contribution is 7.92. The van der Waals surface area contributed by atoms with Gasteiger partial charge < -0.3 is 0 Å². The van der Waals surface area contributed by atoms with E-state index in [9.17, 15) is 16.8 Å². The molecule has 0 unspecified atom stereocenters. The zero-order chi connectivity index (χ0) is 17.4. The van der Waals surface area contributed by atoms with Gasteiger partial charge in [-0.3, -0.25) is 0 Å². The molecule has 23 heavy (non-hydrogen) atoms. The Morgan fingerprint density at radius 3 is 2.26 bits per heavy atom. The van der Waals surface area contributed by atoms with Crippen LogP contribution in [0, 0.1) is 13.8 Å². The second kappa shape index (κ2) is 6.34. The van der Waals surface area contributed by atoms with E-state index in [1.54, 1.807) is 25.3 Å². The van der Waals surface area contributed by atoms with Gasteiger partial charge in [-0.2, -0.15) is 21.9 Å². The molecule has 0 saturated heterocycles. The Bertz CT molecular complexity index is 893. The molecule has 0 amide bonds. The van der Waals surface area contributed by atoms with Gasteiger partial charge in [0.2, 0.25) is 10.0 Å². The molecule has 0 radical (unpaired) electrons. The highest BCUT2D eigenvalue weighted by Crippen LogP contribution is 2.27. The van der Waals surface area contributed by atoms with E-state index in [1.807, 2.05) is 0 Å². The quantitative estimate of drug-likeness (QED) is 0.766. The van der Waals surface area contributed by atoms with Crippen LogP contribution in [0.1, 0.15) is 25.2 Å². The lowest BCUT2D eigenvalue weighted by Gasteiger charge is -2.18. The molecule has 0 bridgehead atoms. The van der Waals surface area contributed by atoms with Gasteiger partial charge in [-0.15, -0.1) is 11.3 Å². The summed E-state index contributed by atoms with van der Waals surface area (Å²) in [4.78, 5) is -0.0404. The number of aryl methyl sites for hydroxylation is 1. The molecule has 0 aliphatic rings. The van der Waals surface area contributed by atoms with Crippen molar-refractivity contribution in [3.05, 3.63) is 28.9 Å². The minimum Gasteiger partial charge on any atom is -0.207 e. The van der Waals surface area contributed by atoms with Crippen LogP contribution in [0.15, 0.2) is 26.6 Å². The molecule has 0 fully saturated rings. The minimum absolute atomic E-state index is 0.0404. The molecule has 0 aromatic carbocycles. The molecule has 2 rings (SSSR count). The Labute approximate surface area is 140 Å². The third kappa shape index (κ3) is 2.95. The Morgan fingerprint density at radius 1 is 1.17 bits per heavy atom. The summed E-state index contributed by atoms with van der Waals surface area (Å²) >= 11 is 1.06. The smallest absolute Gasteiger partial charge is 0.207 e. The molecule has 10 heteroatoms. The van der Waals surface area contributed by atoms with Crippen LogP contribution in [-0.4, -0.2) is 43.4 Å². The summed E-state index contributed by atoms with van der Waals surface area (Å²) in [5, 5.41) is 5.63. The van der Waals surface area contributed by atoms with E-state index in [2.05, 4.69) is 5.10 Å². The number of sulfonamides is 1. The number of aromatic nitrogens is 2. The number of thiophene rings is 1. The third-order valence-corrected chi connectivity index (χ3v) is 8.81. The number of hydrogen-bond donors (Lipinski definition) is 0. The first-order valence-electron chi connectivity index (χ1n) is 7.03. The van der Waals surface area contributed by atoms with Crippen LogP contribution in [0.5, 0.6) is 0 Å². The number of hydrogen-bond acceptors (Lipinski definition) is 6. The molecule has 2 aromatic heterocycles. The summed E-state index contributed by atoms with van der Waals surface area (Å²) < 4.78 is 52.9. The van der Waals surface area contributed by atoms with Crippen molar-refractivity contribution >= 4 is 31.4 Å². The number of nitrogens with zero attached hydrogens (tertiary/aromatic N) is 3. The van der Waals surface area contributed by atoms with Crippen molar-refractivity contribution in [3.8, 4) is 0 Å². The van der Waals surface area contributed by atoms with E-state index in [1.165, 1.54) is 24.2 Å². The average molecular weight is 378 g/mol. The molecule has 0 spiro atoms. The van der Waals surface area contributed by atoms with E-state index in [-0.39, 0.29) is 20.5 Å². The molecule has 0 aliphatic heterocycles. The molecule has 0 saturated carbocycles. The number of rotatable bonds is 6. The van der Waals surface area contributed by atoms with E-state index in [0.717, 1.165) is 15.4 Å². The molecule has 2 heterocycles. The SMILES string of the molecule is CCN(CC)S(=O)(=O)c1c(C)nn(S(=O)(=O)c2cccs2)c1C. The molecule has 0 atom stereocenters. The first kappa shape index (κ1) is 18.1. The molecule has 0 N–H and O–H groups in total.